The van der Waals surface area contributed by atoms with Crippen molar-refractivity contribution in [2.45, 2.75) is 71.1 Å². The molecule has 1 radical (unpaired) electrons. The molecule has 0 fully saturated rings. The Kier molecular flexibility index (Phi) is 17.0. The summed E-state index contributed by atoms with van der Waals surface area (Å²) >= 11 is 0. The van der Waals surface area contributed by atoms with E-state index in [1.54, 1.807) is 0 Å². The first kappa shape index (κ1) is 19.0. The van der Waals surface area contributed by atoms with Gasteiger partial charge in [-0.25, -0.2) is 0 Å². The van der Waals surface area contributed by atoms with Gasteiger partial charge in [0, 0.05) is 0 Å². The van der Waals surface area contributed by atoms with Crippen molar-refractivity contribution >= 4 is 0 Å². The van der Waals surface area contributed by atoms with Crippen molar-refractivity contribution in [3.63, 3.8) is 0 Å². The van der Waals surface area contributed by atoms with Crippen LogP contribution in [0.5, 0.6) is 0 Å². The van der Waals surface area contributed by atoms with Crippen LogP contribution in [0.25, 0.3) is 0 Å². The molecule has 0 heteroatoms. The zero-order chi connectivity index (χ0) is 14.7. The summed E-state index contributed by atoms with van der Waals surface area (Å²) in [6.45, 7) is 6.03. The molecule has 0 amide bonds. The lowest BCUT2D eigenvalue weighted by molar-refractivity contribution is 0.651. The minimum atomic E-state index is 1.05. The van der Waals surface area contributed by atoms with Crippen LogP contribution in [0.1, 0.15) is 71.1 Å². The third-order valence-corrected chi connectivity index (χ3v) is 3.09. The maximum absolute atomic E-state index is 3.86. The maximum atomic E-state index is 3.86. The van der Waals surface area contributed by atoms with E-state index in [-0.39, 0.29) is 0 Å². The van der Waals surface area contributed by atoms with Gasteiger partial charge in [-0.3, -0.25) is 0 Å². The molecule has 0 nitrogen and oxygen atoms in total. The van der Waals surface area contributed by atoms with Gasteiger partial charge in [-0.1, -0.05) is 88.1 Å². The topological polar surface area (TPSA) is 0 Å². The summed E-state index contributed by atoms with van der Waals surface area (Å²) < 4.78 is 0. The highest BCUT2D eigenvalue weighted by molar-refractivity contribution is 4.99. The Morgan fingerprint density at radius 2 is 1.10 bits per heavy atom. The molecule has 0 unspecified atom stereocenters. The van der Waals surface area contributed by atoms with Crippen molar-refractivity contribution < 1.29 is 0 Å². The molecule has 0 saturated carbocycles. The van der Waals surface area contributed by atoms with E-state index in [4.69, 9.17) is 0 Å². The van der Waals surface area contributed by atoms with Gasteiger partial charge in [0.25, 0.3) is 0 Å². The third kappa shape index (κ3) is 17.0. The lowest BCUT2D eigenvalue weighted by atomic mass is 10.1. The molecule has 0 aromatic carbocycles. The standard InChI is InChI=1S/C20H33/c1-3-5-7-9-11-13-15-17-19-20-18-16-14-12-10-8-6-4-2/h6,8,12,14-15,17-18,20H,1,3-5,7,9-11,13,16,19H2,2H3. The van der Waals surface area contributed by atoms with Crippen LogP contribution in [0.15, 0.2) is 48.6 Å². The lowest BCUT2D eigenvalue weighted by Gasteiger charge is -1.95. The van der Waals surface area contributed by atoms with E-state index in [1.807, 2.05) is 0 Å². The highest BCUT2D eigenvalue weighted by atomic mass is 13.9. The van der Waals surface area contributed by atoms with Crippen LogP contribution in [0.4, 0.5) is 0 Å². The van der Waals surface area contributed by atoms with Gasteiger partial charge < -0.3 is 0 Å². The fourth-order valence-electron chi connectivity index (χ4n) is 1.89. The minimum Gasteiger partial charge on any atom is -0.0885 e. The molecule has 113 valence electrons. The second kappa shape index (κ2) is 18.0. The van der Waals surface area contributed by atoms with Crippen molar-refractivity contribution in [2.24, 2.45) is 0 Å². The monoisotopic (exact) mass is 273 g/mol. The van der Waals surface area contributed by atoms with Crippen LogP contribution >= 0.6 is 0 Å². The molecule has 20 heavy (non-hydrogen) atoms. The minimum absolute atomic E-state index is 1.05. The molecule has 0 N–H and O–H groups in total. The summed E-state index contributed by atoms with van der Waals surface area (Å²) in [4.78, 5) is 0. The Bertz CT molecular complexity index is 278. The molecule has 0 aromatic rings. The Hall–Kier alpha value is -1.04. The van der Waals surface area contributed by atoms with Gasteiger partial charge in [0.1, 0.15) is 0 Å². The predicted octanol–water partition coefficient (Wildman–Crippen LogP) is 6.97. The van der Waals surface area contributed by atoms with E-state index in [0.29, 0.717) is 0 Å². The molecule has 0 atom stereocenters. The van der Waals surface area contributed by atoms with Gasteiger partial charge in [-0.05, 0) is 38.5 Å². The molecular weight excluding hydrogens is 240 g/mol. The van der Waals surface area contributed by atoms with E-state index in [1.165, 1.54) is 32.1 Å². The largest absolute Gasteiger partial charge is 0.0885 e. The van der Waals surface area contributed by atoms with E-state index >= 15 is 0 Å². The van der Waals surface area contributed by atoms with Crippen LogP contribution in [0.3, 0.4) is 0 Å². The van der Waals surface area contributed by atoms with Crippen molar-refractivity contribution in [3.05, 3.63) is 55.5 Å². The SMILES string of the molecule is [CH2]CCCCCCC=CCC=CCC=CCC=CCC. The summed E-state index contributed by atoms with van der Waals surface area (Å²) in [6, 6.07) is 0. The zero-order valence-electron chi connectivity index (χ0n) is 13.4. The van der Waals surface area contributed by atoms with Gasteiger partial charge in [-0.2, -0.15) is 0 Å². The van der Waals surface area contributed by atoms with E-state index < -0.39 is 0 Å². The maximum Gasteiger partial charge on any atom is -0.0169 e. The molecule has 0 aliphatic heterocycles. The average Bonchev–Trinajstić information content (AvgIpc) is 2.47. The van der Waals surface area contributed by atoms with E-state index in [9.17, 15) is 0 Å². The summed E-state index contributed by atoms with van der Waals surface area (Å²) in [5, 5.41) is 0. The molecule has 0 saturated heterocycles. The number of rotatable bonds is 13. The molecule has 0 bridgehead atoms. The molecule has 0 heterocycles. The summed E-state index contributed by atoms with van der Waals surface area (Å²) in [5.74, 6) is 0. The lowest BCUT2D eigenvalue weighted by Crippen LogP contribution is -1.75. The highest BCUT2D eigenvalue weighted by Crippen LogP contribution is 2.05. The van der Waals surface area contributed by atoms with Gasteiger partial charge in [0.2, 0.25) is 0 Å². The summed E-state index contributed by atoms with van der Waals surface area (Å²) in [7, 11) is 0. The number of unbranched alkanes of at least 4 members (excludes halogenated alkanes) is 5. The van der Waals surface area contributed by atoms with Crippen LogP contribution < -0.4 is 0 Å². The molecule has 0 spiro atoms. The molecule has 0 aliphatic rings. The predicted molar refractivity (Wildman–Crippen MR) is 93.8 cm³/mol. The first-order valence-corrected chi connectivity index (χ1v) is 8.31. The summed E-state index contributed by atoms with van der Waals surface area (Å²) in [6.07, 6.45) is 30.0. The Morgan fingerprint density at radius 1 is 0.600 bits per heavy atom. The number of hydrogen-bond acceptors (Lipinski definition) is 0. The van der Waals surface area contributed by atoms with Gasteiger partial charge in [-0.15, -0.1) is 0 Å². The van der Waals surface area contributed by atoms with Gasteiger partial charge >= 0.3 is 0 Å². The fourth-order valence-corrected chi connectivity index (χ4v) is 1.89. The second-order valence-corrected chi connectivity index (χ2v) is 5.06. The second-order valence-electron chi connectivity index (χ2n) is 5.06. The normalized spacial score (nSPS) is 12.7. The van der Waals surface area contributed by atoms with Crippen molar-refractivity contribution in [1.29, 1.82) is 0 Å². The van der Waals surface area contributed by atoms with Crippen LogP contribution in [0.2, 0.25) is 0 Å². The highest BCUT2D eigenvalue weighted by Gasteiger charge is 1.85. The van der Waals surface area contributed by atoms with Crippen LogP contribution in [0, 0.1) is 6.92 Å². The molecule has 0 aromatic heterocycles. The number of hydrogen-bond donors (Lipinski definition) is 0. The quantitative estimate of drug-likeness (QED) is 0.251. The molecular formula is C20H33. The molecule has 0 aliphatic carbocycles. The van der Waals surface area contributed by atoms with Crippen molar-refractivity contribution in [3.8, 4) is 0 Å². The first-order valence-electron chi connectivity index (χ1n) is 8.31. The molecule has 0 rings (SSSR count). The van der Waals surface area contributed by atoms with E-state index in [0.717, 1.165) is 32.1 Å². The Labute approximate surface area is 127 Å². The Morgan fingerprint density at radius 3 is 1.65 bits per heavy atom. The zero-order valence-corrected chi connectivity index (χ0v) is 13.4. The smallest absolute Gasteiger partial charge is 0.0169 e. The summed E-state index contributed by atoms with van der Waals surface area (Å²) in [5.41, 5.74) is 0. The average molecular weight is 273 g/mol. The van der Waals surface area contributed by atoms with Crippen molar-refractivity contribution in [1.82, 2.24) is 0 Å². The number of allylic oxidation sites excluding steroid dienone is 8. The van der Waals surface area contributed by atoms with Gasteiger partial charge in [0.05, 0.1) is 0 Å². The fraction of sp³-hybridized carbons (Fsp3) is 0.550. The Balaban J connectivity index is 3.32. The van der Waals surface area contributed by atoms with Crippen LogP contribution in [-0.4, -0.2) is 0 Å². The third-order valence-electron chi connectivity index (χ3n) is 3.09. The van der Waals surface area contributed by atoms with E-state index in [2.05, 4.69) is 62.5 Å². The van der Waals surface area contributed by atoms with Crippen LogP contribution in [-0.2, 0) is 0 Å². The van der Waals surface area contributed by atoms with Gasteiger partial charge in [0.15, 0.2) is 0 Å². The first-order chi connectivity index (χ1) is 9.91. The van der Waals surface area contributed by atoms with Crippen molar-refractivity contribution in [2.75, 3.05) is 0 Å².